The quantitative estimate of drug-likeness (QED) is 0.713. The lowest BCUT2D eigenvalue weighted by atomic mass is 9.84. The monoisotopic (exact) mass is 234 g/mol. The first-order valence-electron chi connectivity index (χ1n) is 6.33. The molecule has 1 aliphatic heterocycles. The van der Waals surface area contributed by atoms with Crippen molar-refractivity contribution in [2.45, 2.75) is 51.7 Å². The minimum Gasteiger partial charge on any atom is -0.157 e. The summed E-state index contributed by atoms with van der Waals surface area (Å²) < 4.78 is 0. The van der Waals surface area contributed by atoms with Crippen LogP contribution in [0.1, 0.15) is 61.8 Å². The summed E-state index contributed by atoms with van der Waals surface area (Å²) in [4.78, 5) is 0. The van der Waals surface area contributed by atoms with E-state index in [4.69, 9.17) is 0 Å². The van der Waals surface area contributed by atoms with E-state index in [0.717, 1.165) is 0 Å². The van der Waals surface area contributed by atoms with Crippen LogP contribution in [0.15, 0.2) is 12.1 Å². The summed E-state index contributed by atoms with van der Waals surface area (Å²) >= 11 is 2.07. The lowest BCUT2D eigenvalue weighted by Gasteiger charge is -2.25. The number of rotatable bonds is 2. The van der Waals surface area contributed by atoms with Gasteiger partial charge in [-0.3, -0.25) is 0 Å². The van der Waals surface area contributed by atoms with Gasteiger partial charge in [-0.15, -0.1) is 0 Å². The fourth-order valence-electron chi connectivity index (χ4n) is 2.70. The average molecular weight is 234 g/mol. The third-order valence-electron chi connectivity index (χ3n) is 3.44. The SMILES string of the molecule is CC(C)c1ccc2c(c1C(C)C)CCSC2. The molecule has 1 aliphatic rings. The Morgan fingerprint density at radius 1 is 1.06 bits per heavy atom. The van der Waals surface area contributed by atoms with Gasteiger partial charge in [0.05, 0.1) is 0 Å². The third-order valence-corrected chi connectivity index (χ3v) is 4.45. The molecular weight excluding hydrogens is 212 g/mol. The van der Waals surface area contributed by atoms with Gasteiger partial charge in [-0.05, 0) is 46.3 Å². The molecule has 88 valence electrons. The molecule has 0 bridgehead atoms. The molecule has 1 heterocycles. The molecule has 0 spiro atoms. The maximum atomic E-state index is 2.37. The summed E-state index contributed by atoms with van der Waals surface area (Å²) in [5.41, 5.74) is 6.47. The lowest BCUT2D eigenvalue weighted by molar-refractivity contribution is 0.772. The first-order valence-corrected chi connectivity index (χ1v) is 7.49. The lowest BCUT2D eigenvalue weighted by Crippen LogP contribution is -2.11. The van der Waals surface area contributed by atoms with Crippen molar-refractivity contribution < 1.29 is 0 Å². The number of thioether (sulfide) groups is 1. The molecule has 1 heteroatoms. The Morgan fingerprint density at radius 3 is 2.44 bits per heavy atom. The average Bonchev–Trinajstić information content (AvgIpc) is 2.27. The van der Waals surface area contributed by atoms with E-state index in [1.165, 1.54) is 17.9 Å². The van der Waals surface area contributed by atoms with Crippen LogP contribution in [0.2, 0.25) is 0 Å². The molecule has 0 saturated heterocycles. The zero-order valence-corrected chi connectivity index (χ0v) is 11.7. The standard InChI is InChI=1S/C15H22S/c1-10(2)13-6-5-12-9-16-8-7-14(12)15(13)11(3)4/h5-6,10-11H,7-9H2,1-4H3. The minimum absolute atomic E-state index is 0.650. The molecular formula is C15H22S. The van der Waals surface area contributed by atoms with Gasteiger partial charge in [0.1, 0.15) is 0 Å². The molecule has 0 aromatic heterocycles. The highest BCUT2D eigenvalue weighted by Gasteiger charge is 2.19. The summed E-state index contributed by atoms with van der Waals surface area (Å²) in [6, 6.07) is 4.73. The fourth-order valence-corrected chi connectivity index (χ4v) is 3.68. The molecule has 0 fully saturated rings. The molecule has 0 atom stereocenters. The van der Waals surface area contributed by atoms with Gasteiger partial charge >= 0.3 is 0 Å². The number of hydrogen-bond acceptors (Lipinski definition) is 1. The van der Waals surface area contributed by atoms with E-state index < -0.39 is 0 Å². The van der Waals surface area contributed by atoms with Gasteiger partial charge in [0, 0.05) is 5.75 Å². The zero-order valence-electron chi connectivity index (χ0n) is 10.8. The first-order chi connectivity index (χ1) is 7.61. The van der Waals surface area contributed by atoms with Gasteiger partial charge in [-0.2, -0.15) is 11.8 Å². The topological polar surface area (TPSA) is 0 Å². The molecule has 2 rings (SSSR count). The predicted molar refractivity (Wildman–Crippen MR) is 74.5 cm³/mol. The van der Waals surface area contributed by atoms with Crippen LogP contribution in [-0.4, -0.2) is 5.75 Å². The smallest absolute Gasteiger partial charge is 0.0187 e. The Labute approximate surface area is 104 Å². The summed E-state index contributed by atoms with van der Waals surface area (Å²) in [6.45, 7) is 9.29. The van der Waals surface area contributed by atoms with Gasteiger partial charge in [0.2, 0.25) is 0 Å². The van der Waals surface area contributed by atoms with Crippen LogP contribution in [0.3, 0.4) is 0 Å². The van der Waals surface area contributed by atoms with Crippen LogP contribution in [0.5, 0.6) is 0 Å². The Balaban J connectivity index is 2.57. The van der Waals surface area contributed by atoms with Crippen LogP contribution >= 0.6 is 11.8 Å². The molecule has 16 heavy (non-hydrogen) atoms. The molecule has 1 aromatic rings. The summed E-state index contributed by atoms with van der Waals surface area (Å²) in [5.74, 6) is 3.83. The van der Waals surface area contributed by atoms with Crippen LogP contribution in [0.25, 0.3) is 0 Å². The van der Waals surface area contributed by atoms with Gasteiger partial charge in [-0.25, -0.2) is 0 Å². The highest BCUT2D eigenvalue weighted by Crippen LogP contribution is 2.35. The van der Waals surface area contributed by atoms with E-state index in [-0.39, 0.29) is 0 Å². The third kappa shape index (κ3) is 2.15. The maximum absolute atomic E-state index is 2.37. The molecule has 0 unspecified atom stereocenters. The summed E-state index contributed by atoms with van der Waals surface area (Å²) in [7, 11) is 0. The van der Waals surface area contributed by atoms with E-state index in [1.54, 1.807) is 22.3 Å². The molecule has 0 saturated carbocycles. The number of benzene rings is 1. The van der Waals surface area contributed by atoms with E-state index in [0.29, 0.717) is 11.8 Å². The van der Waals surface area contributed by atoms with Crippen molar-refractivity contribution in [1.29, 1.82) is 0 Å². The van der Waals surface area contributed by atoms with Crippen molar-refractivity contribution >= 4 is 11.8 Å². The maximum Gasteiger partial charge on any atom is 0.0187 e. The van der Waals surface area contributed by atoms with Gasteiger partial charge in [0.15, 0.2) is 0 Å². The fraction of sp³-hybridized carbons (Fsp3) is 0.600. The van der Waals surface area contributed by atoms with Crippen molar-refractivity contribution in [3.63, 3.8) is 0 Å². The van der Waals surface area contributed by atoms with E-state index in [1.807, 2.05) is 0 Å². The summed E-state index contributed by atoms with van der Waals surface area (Å²) in [5, 5.41) is 0. The molecule has 0 nitrogen and oxygen atoms in total. The van der Waals surface area contributed by atoms with E-state index in [2.05, 4.69) is 51.6 Å². The molecule has 0 amide bonds. The van der Waals surface area contributed by atoms with Gasteiger partial charge in [-0.1, -0.05) is 39.8 Å². The second kappa shape index (κ2) is 4.83. The Morgan fingerprint density at radius 2 is 1.81 bits per heavy atom. The van der Waals surface area contributed by atoms with Crippen LogP contribution in [0.4, 0.5) is 0 Å². The first kappa shape index (κ1) is 12.0. The van der Waals surface area contributed by atoms with Crippen LogP contribution in [-0.2, 0) is 12.2 Å². The van der Waals surface area contributed by atoms with Gasteiger partial charge < -0.3 is 0 Å². The highest BCUT2D eigenvalue weighted by molar-refractivity contribution is 7.98. The number of fused-ring (bicyclic) bond motifs is 1. The molecule has 1 aromatic carbocycles. The van der Waals surface area contributed by atoms with Crippen LogP contribution in [0, 0.1) is 0 Å². The van der Waals surface area contributed by atoms with Crippen molar-refractivity contribution in [1.82, 2.24) is 0 Å². The second-order valence-electron chi connectivity index (χ2n) is 5.32. The van der Waals surface area contributed by atoms with Crippen molar-refractivity contribution in [2.24, 2.45) is 0 Å². The van der Waals surface area contributed by atoms with Crippen molar-refractivity contribution in [2.75, 3.05) is 5.75 Å². The van der Waals surface area contributed by atoms with E-state index in [9.17, 15) is 0 Å². The minimum atomic E-state index is 0.650. The normalized spacial score (nSPS) is 15.6. The second-order valence-corrected chi connectivity index (χ2v) is 6.42. The Hall–Kier alpha value is -0.430. The van der Waals surface area contributed by atoms with E-state index >= 15 is 0 Å². The van der Waals surface area contributed by atoms with Gasteiger partial charge in [0.25, 0.3) is 0 Å². The van der Waals surface area contributed by atoms with Crippen molar-refractivity contribution in [3.8, 4) is 0 Å². The predicted octanol–water partition coefficient (Wildman–Crippen LogP) is 4.72. The Bertz CT molecular complexity index is 377. The summed E-state index contributed by atoms with van der Waals surface area (Å²) in [6.07, 6.45) is 1.27. The number of hydrogen-bond donors (Lipinski definition) is 0. The Kier molecular flexibility index (Phi) is 3.63. The molecule has 0 N–H and O–H groups in total. The molecule has 0 aliphatic carbocycles. The highest BCUT2D eigenvalue weighted by atomic mass is 32.2. The zero-order chi connectivity index (χ0) is 11.7. The molecule has 0 radical (unpaired) electrons. The van der Waals surface area contributed by atoms with Crippen molar-refractivity contribution in [3.05, 3.63) is 34.4 Å². The largest absolute Gasteiger partial charge is 0.157 e. The van der Waals surface area contributed by atoms with Crippen LogP contribution < -0.4 is 0 Å².